The van der Waals surface area contributed by atoms with Crippen LogP contribution in [-0.4, -0.2) is 0 Å². The van der Waals surface area contributed by atoms with Crippen molar-refractivity contribution in [3.63, 3.8) is 0 Å². The van der Waals surface area contributed by atoms with E-state index in [-0.39, 0.29) is 0 Å². The minimum absolute atomic E-state index is 0.601. The molecule has 0 amide bonds. The number of benzene rings is 1. The van der Waals surface area contributed by atoms with Crippen LogP contribution in [0.1, 0.15) is 56.6 Å². The van der Waals surface area contributed by atoms with Crippen molar-refractivity contribution in [2.24, 2.45) is 11.7 Å². The Labute approximate surface area is 118 Å². The first-order valence-electron chi connectivity index (χ1n) is 7.32. The smallest absolute Gasteiger partial charge is 0.321 e. The summed E-state index contributed by atoms with van der Waals surface area (Å²) in [5.41, 5.74) is 5.86. The number of hydrogen-bond donors (Lipinski definition) is 1. The van der Waals surface area contributed by atoms with Gasteiger partial charge in [0.15, 0.2) is 0 Å². The van der Waals surface area contributed by atoms with Gasteiger partial charge in [-0.25, -0.2) is 0 Å². The number of alkyl halides is 3. The zero-order valence-corrected chi connectivity index (χ0v) is 11.8. The van der Waals surface area contributed by atoms with E-state index in [2.05, 4.69) is 6.92 Å². The van der Waals surface area contributed by atoms with Crippen LogP contribution in [0.3, 0.4) is 0 Å². The summed E-state index contributed by atoms with van der Waals surface area (Å²) in [5.74, 6) is 0.659. The SMILES string of the molecule is CCC1CCCC(N)(c2cccc(C(F)(F)F)c2)CC1. The molecule has 2 unspecified atom stereocenters. The average molecular weight is 285 g/mol. The molecule has 20 heavy (non-hydrogen) atoms. The predicted octanol–water partition coefficient (Wildman–Crippen LogP) is 4.85. The maximum atomic E-state index is 12.8. The highest BCUT2D eigenvalue weighted by molar-refractivity contribution is 5.31. The lowest BCUT2D eigenvalue weighted by Crippen LogP contribution is -2.36. The summed E-state index contributed by atoms with van der Waals surface area (Å²) < 4.78 is 38.4. The van der Waals surface area contributed by atoms with Crippen molar-refractivity contribution in [1.82, 2.24) is 0 Å². The Morgan fingerprint density at radius 3 is 2.65 bits per heavy atom. The van der Waals surface area contributed by atoms with Gasteiger partial charge in [0, 0.05) is 5.54 Å². The lowest BCUT2D eigenvalue weighted by Gasteiger charge is -2.29. The Hall–Kier alpha value is -1.03. The van der Waals surface area contributed by atoms with E-state index in [4.69, 9.17) is 5.73 Å². The largest absolute Gasteiger partial charge is 0.416 e. The molecule has 0 radical (unpaired) electrons. The van der Waals surface area contributed by atoms with Gasteiger partial charge in [-0.3, -0.25) is 0 Å². The van der Waals surface area contributed by atoms with Crippen molar-refractivity contribution < 1.29 is 13.2 Å². The van der Waals surface area contributed by atoms with Gasteiger partial charge in [0.2, 0.25) is 0 Å². The molecule has 2 N–H and O–H groups in total. The monoisotopic (exact) mass is 285 g/mol. The zero-order valence-electron chi connectivity index (χ0n) is 11.8. The third-order valence-corrected chi connectivity index (χ3v) is 4.58. The van der Waals surface area contributed by atoms with Crippen LogP contribution in [0.15, 0.2) is 24.3 Å². The van der Waals surface area contributed by atoms with Gasteiger partial charge >= 0.3 is 6.18 Å². The van der Waals surface area contributed by atoms with E-state index in [1.54, 1.807) is 6.07 Å². The summed E-state index contributed by atoms with van der Waals surface area (Å²) >= 11 is 0. The Morgan fingerprint density at radius 2 is 2.00 bits per heavy atom. The van der Waals surface area contributed by atoms with Gasteiger partial charge in [-0.2, -0.15) is 13.2 Å². The molecule has 2 atom stereocenters. The van der Waals surface area contributed by atoms with Crippen LogP contribution in [0.5, 0.6) is 0 Å². The summed E-state index contributed by atoms with van der Waals surface area (Å²) in [6, 6.07) is 5.54. The Balaban J connectivity index is 2.25. The minimum atomic E-state index is -4.30. The van der Waals surface area contributed by atoms with Gasteiger partial charge in [-0.05, 0) is 42.9 Å². The summed E-state index contributed by atoms with van der Waals surface area (Å²) in [4.78, 5) is 0. The third kappa shape index (κ3) is 3.35. The van der Waals surface area contributed by atoms with E-state index in [9.17, 15) is 13.2 Å². The van der Waals surface area contributed by atoms with Gasteiger partial charge < -0.3 is 5.73 Å². The van der Waals surface area contributed by atoms with Gasteiger partial charge in [-0.1, -0.05) is 38.3 Å². The first kappa shape index (κ1) is 15.4. The highest BCUT2D eigenvalue weighted by atomic mass is 19.4. The molecule has 0 spiro atoms. The van der Waals surface area contributed by atoms with Gasteiger partial charge in [0.1, 0.15) is 0 Å². The fourth-order valence-corrected chi connectivity index (χ4v) is 3.14. The second-order valence-corrected chi connectivity index (χ2v) is 5.94. The van der Waals surface area contributed by atoms with E-state index in [1.807, 2.05) is 0 Å². The molecule has 1 aliphatic carbocycles. The molecular weight excluding hydrogens is 263 g/mol. The molecule has 1 aliphatic rings. The fourth-order valence-electron chi connectivity index (χ4n) is 3.14. The topological polar surface area (TPSA) is 26.0 Å². The molecule has 1 nitrogen and oxygen atoms in total. The molecule has 1 fully saturated rings. The van der Waals surface area contributed by atoms with Gasteiger partial charge in [0.05, 0.1) is 5.56 Å². The lowest BCUT2D eigenvalue weighted by atomic mass is 9.83. The quantitative estimate of drug-likeness (QED) is 0.772. The van der Waals surface area contributed by atoms with Crippen LogP contribution in [0.2, 0.25) is 0 Å². The standard InChI is InChI=1S/C16H22F3N/c1-2-12-5-4-9-15(20,10-8-12)13-6-3-7-14(11-13)16(17,18)19/h3,6-7,11-12H,2,4-5,8-10,20H2,1H3. The maximum absolute atomic E-state index is 12.8. The molecule has 0 saturated heterocycles. The van der Waals surface area contributed by atoms with Crippen molar-refractivity contribution in [3.05, 3.63) is 35.4 Å². The van der Waals surface area contributed by atoms with E-state index in [0.29, 0.717) is 11.5 Å². The Morgan fingerprint density at radius 1 is 1.25 bits per heavy atom. The second kappa shape index (κ2) is 5.76. The molecule has 112 valence electrons. The molecule has 0 aromatic heterocycles. The molecule has 1 saturated carbocycles. The molecule has 0 heterocycles. The van der Waals surface area contributed by atoms with Crippen LogP contribution < -0.4 is 5.73 Å². The van der Waals surface area contributed by atoms with Gasteiger partial charge in [-0.15, -0.1) is 0 Å². The van der Waals surface area contributed by atoms with Crippen LogP contribution >= 0.6 is 0 Å². The Kier molecular flexibility index (Phi) is 4.43. The first-order chi connectivity index (χ1) is 9.35. The van der Waals surface area contributed by atoms with E-state index in [1.165, 1.54) is 12.1 Å². The van der Waals surface area contributed by atoms with Crippen LogP contribution in [0, 0.1) is 5.92 Å². The number of halogens is 3. The third-order valence-electron chi connectivity index (χ3n) is 4.58. The zero-order chi connectivity index (χ0) is 14.8. The molecule has 4 heteroatoms. The number of rotatable bonds is 2. The van der Waals surface area contributed by atoms with Gasteiger partial charge in [0.25, 0.3) is 0 Å². The van der Waals surface area contributed by atoms with Crippen molar-refractivity contribution >= 4 is 0 Å². The minimum Gasteiger partial charge on any atom is -0.321 e. The number of hydrogen-bond acceptors (Lipinski definition) is 1. The Bertz CT molecular complexity index is 455. The maximum Gasteiger partial charge on any atom is 0.416 e. The van der Waals surface area contributed by atoms with Crippen LogP contribution in [-0.2, 0) is 11.7 Å². The summed E-state index contributed by atoms with van der Waals surface area (Å²) in [7, 11) is 0. The molecule has 0 bridgehead atoms. The van der Waals surface area contributed by atoms with Crippen molar-refractivity contribution in [3.8, 4) is 0 Å². The second-order valence-electron chi connectivity index (χ2n) is 5.94. The fraction of sp³-hybridized carbons (Fsp3) is 0.625. The van der Waals surface area contributed by atoms with E-state index >= 15 is 0 Å². The van der Waals surface area contributed by atoms with Crippen molar-refractivity contribution in [1.29, 1.82) is 0 Å². The highest BCUT2D eigenvalue weighted by Crippen LogP contribution is 2.38. The number of nitrogens with two attached hydrogens (primary N) is 1. The predicted molar refractivity (Wildman–Crippen MR) is 74.2 cm³/mol. The van der Waals surface area contributed by atoms with Crippen molar-refractivity contribution in [2.75, 3.05) is 0 Å². The molecular formula is C16H22F3N. The summed E-state index contributed by atoms with van der Waals surface area (Å²) in [5, 5.41) is 0. The molecule has 1 aromatic rings. The summed E-state index contributed by atoms with van der Waals surface area (Å²) in [6.07, 6.45) is 1.49. The summed E-state index contributed by atoms with van der Waals surface area (Å²) in [6.45, 7) is 2.17. The van der Waals surface area contributed by atoms with Crippen LogP contribution in [0.4, 0.5) is 13.2 Å². The van der Waals surface area contributed by atoms with E-state index in [0.717, 1.165) is 44.6 Å². The average Bonchev–Trinajstić information content (AvgIpc) is 2.61. The molecule has 2 rings (SSSR count). The lowest BCUT2D eigenvalue weighted by molar-refractivity contribution is -0.137. The van der Waals surface area contributed by atoms with Crippen molar-refractivity contribution in [2.45, 2.75) is 57.2 Å². The van der Waals surface area contributed by atoms with Crippen LogP contribution in [0.25, 0.3) is 0 Å². The highest BCUT2D eigenvalue weighted by Gasteiger charge is 2.34. The first-order valence-corrected chi connectivity index (χ1v) is 7.32. The molecule has 1 aromatic carbocycles. The van der Waals surface area contributed by atoms with E-state index < -0.39 is 17.3 Å². The normalized spacial score (nSPS) is 28.1. The molecule has 0 aliphatic heterocycles.